The highest BCUT2D eigenvalue weighted by Crippen LogP contribution is 2.46. The second-order valence-corrected chi connectivity index (χ2v) is 10.9. The smallest absolute Gasteiger partial charge is 0.300 e. The topological polar surface area (TPSA) is 94.5 Å². The minimum Gasteiger partial charge on any atom is -0.507 e. The molecule has 3 aromatic rings. The molecule has 8 nitrogen and oxygen atoms in total. The Bertz CT molecular complexity index is 1500. The Hall–Kier alpha value is -4.46. The van der Waals surface area contributed by atoms with Crippen LogP contribution in [0.25, 0.3) is 5.76 Å². The fraction of sp³-hybridized carbons (Fsp3) is 0.333. The number of fused-ring (bicyclic) bond motifs is 1. The first kappa shape index (κ1) is 28.1. The number of nitrogens with zero attached hydrogens (tertiary/aromatic N) is 1. The summed E-state index contributed by atoms with van der Waals surface area (Å²) in [6.45, 7) is 11.7. The van der Waals surface area contributed by atoms with E-state index < -0.39 is 17.7 Å². The molecule has 1 amide bonds. The maximum atomic E-state index is 13.7. The van der Waals surface area contributed by atoms with Gasteiger partial charge in [0.15, 0.2) is 11.5 Å². The molecule has 1 N–H and O–H groups in total. The number of hydrogen-bond acceptors (Lipinski definition) is 7. The molecule has 3 aromatic carbocycles. The van der Waals surface area contributed by atoms with Gasteiger partial charge in [0.05, 0.1) is 30.4 Å². The highest BCUT2D eigenvalue weighted by molar-refractivity contribution is 6.51. The van der Waals surface area contributed by atoms with Crippen molar-refractivity contribution in [3.8, 4) is 23.0 Å². The van der Waals surface area contributed by atoms with E-state index in [9.17, 15) is 14.7 Å². The molecule has 214 valence electrons. The molecule has 1 saturated heterocycles. The average molecular weight is 558 g/mol. The molecule has 0 radical (unpaired) electrons. The van der Waals surface area contributed by atoms with Gasteiger partial charge in [0.1, 0.15) is 30.5 Å². The minimum absolute atomic E-state index is 0.0292. The van der Waals surface area contributed by atoms with Crippen LogP contribution in [0.1, 0.15) is 57.4 Å². The molecule has 2 heterocycles. The molecule has 1 atom stereocenters. The summed E-state index contributed by atoms with van der Waals surface area (Å²) in [6.07, 6.45) is 0. The van der Waals surface area contributed by atoms with Crippen molar-refractivity contribution < 1.29 is 33.6 Å². The van der Waals surface area contributed by atoms with Crippen LogP contribution in [-0.2, 0) is 15.0 Å². The van der Waals surface area contributed by atoms with Crippen molar-refractivity contribution in [3.63, 3.8) is 0 Å². The van der Waals surface area contributed by atoms with Gasteiger partial charge in [-0.2, -0.15) is 0 Å². The van der Waals surface area contributed by atoms with E-state index in [4.69, 9.17) is 18.9 Å². The molecular formula is C33H35NO7. The maximum Gasteiger partial charge on any atom is 0.300 e. The number of ether oxygens (including phenoxy) is 4. The third-order valence-corrected chi connectivity index (χ3v) is 7.16. The number of ketones is 1. The second kappa shape index (κ2) is 11.2. The first-order valence-corrected chi connectivity index (χ1v) is 13.8. The minimum atomic E-state index is -0.896. The van der Waals surface area contributed by atoms with E-state index >= 15 is 0 Å². The van der Waals surface area contributed by atoms with Crippen LogP contribution in [0.15, 0.2) is 66.2 Å². The number of carbonyl (C=O) groups excluding carboxylic acids is 2. The monoisotopic (exact) mass is 557 g/mol. The van der Waals surface area contributed by atoms with Crippen molar-refractivity contribution in [2.45, 2.75) is 46.1 Å². The number of rotatable bonds is 7. The molecule has 0 spiro atoms. The Morgan fingerprint density at radius 3 is 2.24 bits per heavy atom. The molecule has 1 fully saturated rings. The molecule has 8 heteroatoms. The van der Waals surface area contributed by atoms with Crippen molar-refractivity contribution in [3.05, 3.63) is 82.9 Å². The molecule has 0 aliphatic carbocycles. The number of anilines is 1. The summed E-state index contributed by atoms with van der Waals surface area (Å²) in [6, 6.07) is 17.0. The van der Waals surface area contributed by atoms with Gasteiger partial charge < -0.3 is 24.1 Å². The Morgan fingerprint density at radius 2 is 1.59 bits per heavy atom. The standard InChI is InChI=1S/C33H35NO7/c1-6-38-23-13-14-24(26(19-23)39-7-2)30(35)28-29(20-8-10-21(11-9-20)33(3,4)5)34(32(37)31(28)36)22-12-15-25-27(18-22)41-17-16-40-25/h8-15,18-19,29,35H,6-7,16-17H2,1-5H3/b30-28+. The molecule has 2 aliphatic rings. The summed E-state index contributed by atoms with van der Waals surface area (Å²) >= 11 is 0. The Labute approximate surface area is 240 Å². The largest absolute Gasteiger partial charge is 0.507 e. The van der Waals surface area contributed by atoms with Crippen LogP contribution in [0, 0.1) is 0 Å². The van der Waals surface area contributed by atoms with Gasteiger partial charge >= 0.3 is 0 Å². The summed E-state index contributed by atoms with van der Waals surface area (Å²) in [5.74, 6) is 0.110. The lowest BCUT2D eigenvalue weighted by Gasteiger charge is -2.28. The van der Waals surface area contributed by atoms with Gasteiger partial charge in [0.2, 0.25) is 0 Å². The third-order valence-electron chi connectivity index (χ3n) is 7.16. The SMILES string of the molecule is CCOc1ccc(/C(O)=C2\C(=O)C(=O)N(c3ccc4c(c3)OCCO4)C2c2ccc(C(C)(C)C)cc2)c(OCC)c1. The van der Waals surface area contributed by atoms with Crippen molar-refractivity contribution in [2.24, 2.45) is 0 Å². The van der Waals surface area contributed by atoms with E-state index in [1.54, 1.807) is 36.4 Å². The van der Waals surface area contributed by atoms with Crippen LogP contribution in [0.4, 0.5) is 5.69 Å². The quantitative estimate of drug-likeness (QED) is 0.211. The summed E-state index contributed by atoms with van der Waals surface area (Å²) in [5, 5.41) is 11.7. The van der Waals surface area contributed by atoms with Gasteiger partial charge in [-0.15, -0.1) is 0 Å². The molecule has 41 heavy (non-hydrogen) atoms. The highest BCUT2D eigenvalue weighted by Gasteiger charge is 2.47. The number of aliphatic hydroxyl groups is 1. The number of hydrogen-bond donors (Lipinski definition) is 1. The van der Waals surface area contributed by atoms with Crippen molar-refractivity contribution in [2.75, 3.05) is 31.3 Å². The molecule has 2 aliphatic heterocycles. The molecule has 5 rings (SSSR count). The highest BCUT2D eigenvalue weighted by atomic mass is 16.6. The van der Waals surface area contributed by atoms with Crippen molar-refractivity contribution >= 4 is 23.1 Å². The van der Waals surface area contributed by atoms with Gasteiger partial charge in [0.25, 0.3) is 11.7 Å². The molecule has 1 unspecified atom stereocenters. The van der Waals surface area contributed by atoms with Gasteiger partial charge in [-0.05, 0) is 54.7 Å². The number of carbonyl (C=O) groups is 2. The molecule has 0 bridgehead atoms. The van der Waals surface area contributed by atoms with Gasteiger partial charge in [-0.1, -0.05) is 45.0 Å². The number of benzene rings is 3. The Morgan fingerprint density at radius 1 is 0.902 bits per heavy atom. The van der Waals surface area contributed by atoms with Crippen LogP contribution < -0.4 is 23.8 Å². The average Bonchev–Trinajstić information content (AvgIpc) is 3.22. The van der Waals surface area contributed by atoms with E-state index in [0.29, 0.717) is 66.2 Å². The maximum absolute atomic E-state index is 13.7. The Balaban J connectivity index is 1.70. The number of amides is 1. The number of aliphatic hydroxyl groups excluding tert-OH is 1. The first-order valence-electron chi connectivity index (χ1n) is 13.8. The third kappa shape index (κ3) is 5.34. The van der Waals surface area contributed by atoms with E-state index in [1.807, 2.05) is 38.1 Å². The zero-order valence-electron chi connectivity index (χ0n) is 24.0. The zero-order valence-corrected chi connectivity index (χ0v) is 24.0. The van der Waals surface area contributed by atoms with Crippen molar-refractivity contribution in [1.82, 2.24) is 0 Å². The van der Waals surface area contributed by atoms with Crippen LogP contribution >= 0.6 is 0 Å². The van der Waals surface area contributed by atoms with Gasteiger partial charge in [-0.25, -0.2) is 0 Å². The fourth-order valence-electron chi connectivity index (χ4n) is 5.14. The van der Waals surface area contributed by atoms with Crippen LogP contribution in [-0.4, -0.2) is 43.2 Å². The van der Waals surface area contributed by atoms with Gasteiger partial charge in [-0.3, -0.25) is 14.5 Å². The van der Waals surface area contributed by atoms with Crippen molar-refractivity contribution in [1.29, 1.82) is 0 Å². The van der Waals surface area contributed by atoms with E-state index in [2.05, 4.69) is 20.8 Å². The first-order chi connectivity index (χ1) is 19.6. The summed E-state index contributed by atoms with van der Waals surface area (Å²) < 4.78 is 22.8. The summed E-state index contributed by atoms with van der Waals surface area (Å²) in [4.78, 5) is 28.8. The van der Waals surface area contributed by atoms with Gasteiger partial charge in [0, 0.05) is 17.8 Å². The van der Waals surface area contributed by atoms with Crippen LogP contribution in [0.5, 0.6) is 23.0 Å². The van der Waals surface area contributed by atoms with E-state index in [0.717, 1.165) is 5.56 Å². The normalized spacial score (nSPS) is 18.0. The zero-order chi connectivity index (χ0) is 29.3. The number of Topliss-reactive ketones (excluding diaryl/α,β-unsaturated/α-hetero) is 1. The lowest BCUT2D eigenvalue weighted by atomic mass is 9.85. The molecule has 0 saturated carbocycles. The lowest BCUT2D eigenvalue weighted by molar-refractivity contribution is -0.132. The second-order valence-electron chi connectivity index (χ2n) is 10.9. The lowest BCUT2D eigenvalue weighted by Crippen LogP contribution is -2.29. The Kier molecular flexibility index (Phi) is 7.67. The van der Waals surface area contributed by atoms with Crippen LogP contribution in [0.2, 0.25) is 0 Å². The summed E-state index contributed by atoms with van der Waals surface area (Å²) in [7, 11) is 0. The predicted molar refractivity (Wildman–Crippen MR) is 156 cm³/mol. The molecule has 0 aromatic heterocycles. The predicted octanol–water partition coefficient (Wildman–Crippen LogP) is 6.18. The van der Waals surface area contributed by atoms with E-state index in [1.165, 1.54) is 4.90 Å². The fourth-order valence-corrected chi connectivity index (χ4v) is 5.14. The van der Waals surface area contributed by atoms with Crippen LogP contribution in [0.3, 0.4) is 0 Å². The molecular weight excluding hydrogens is 522 g/mol. The summed E-state index contributed by atoms with van der Waals surface area (Å²) in [5.41, 5.74) is 2.41. The van der Waals surface area contributed by atoms with E-state index in [-0.39, 0.29) is 16.7 Å².